The Morgan fingerprint density at radius 1 is 1.07 bits per heavy atom. The van der Waals surface area contributed by atoms with Crippen LogP contribution in [-0.2, 0) is 0 Å². The number of azide groups is 1. The predicted octanol–water partition coefficient (Wildman–Crippen LogP) is 1.54. The number of rotatable bonds is 4. The predicted molar refractivity (Wildman–Crippen MR) is 42.6 cm³/mol. The van der Waals surface area contributed by atoms with Gasteiger partial charge >= 0.3 is 18.0 Å². The van der Waals surface area contributed by atoms with Crippen molar-refractivity contribution >= 4 is 23.7 Å². The monoisotopic (exact) mass is 238 g/mol. The lowest BCUT2D eigenvalue weighted by Gasteiger charge is -1.98. The van der Waals surface area contributed by atoms with E-state index in [4.69, 9.17) is 29.3 Å². The Labute approximate surface area is 86.5 Å². The summed E-state index contributed by atoms with van der Waals surface area (Å²) in [5, 5.41) is 2.72. The minimum Gasteiger partial charge on any atom is -0.356 e. The maximum atomic E-state index is 7.93. The van der Waals surface area contributed by atoms with E-state index in [2.05, 4.69) is 38.6 Å². The molecule has 1 rings (SSSR count). The zero-order valence-electron chi connectivity index (χ0n) is 6.16. The van der Waals surface area contributed by atoms with Gasteiger partial charge in [-0.3, -0.25) is 0 Å². The molecule has 0 aliphatic rings. The zero-order chi connectivity index (χ0) is 10.4. The Kier molecular flexibility index (Phi) is 3.80. The van der Waals surface area contributed by atoms with E-state index in [9.17, 15) is 0 Å². The van der Waals surface area contributed by atoms with Crippen LogP contribution in [-0.4, -0.2) is 15.0 Å². The van der Waals surface area contributed by atoms with Crippen molar-refractivity contribution < 1.29 is 13.4 Å². The first-order valence-corrected chi connectivity index (χ1v) is 3.46. The Bertz CT molecular complexity index is 345. The van der Waals surface area contributed by atoms with Crippen LogP contribution in [0.2, 0.25) is 0 Å². The summed E-state index contributed by atoms with van der Waals surface area (Å²) in [4.78, 5) is 16.9. The van der Waals surface area contributed by atoms with Gasteiger partial charge in [0.1, 0.15) is 29.0 Å². The third-order valence-corrected chi connectivity index (χ3v) is 1.15. The fraction of sp³-hybridized carbons (Fsp3) is 0. The molecule has 1 aromatic heterocycles. The highest BCUT2D eigenvalue weighted by atomic mass is 35.5. The van der Waals surface area contributed by atoms with E-state index in [1.54, 1.807) is 0 Å². The highest BCUT2D eigenvalue weighted by molar-refractivity contribution is 6.09. The molecule has 0 spiro atoms. The van der Waals surface area contributed by atoms with Gasteiger partial charge in [-0.25, -0.2) is 0 Å². The van der Waals surface area contributed by atoms with Gasteiger partial charge < -0.3 is 13.4 Å². The van der Waals surface area contributed by atoms with E-state index in [-0.39, 0.29) is 18.0 Å². The van der Waals surface area contributed by atoms with Crippen molar-refractivity contribution in [3.8, 4) is 18.0 Å². The van der Waals surface area contributed by atoms with Crippen LogP contribution in [0.15, 0.2) is 5.28 Å². The molecule has 0 bridgehead atoms. The average molecular weight is 239 g/mol. The first-order valence-electron chi connectivity index (χ1n) is 2.85. The van der Waals surface area contributed by atoms with E-state index in [0.717, 1.165) is 0 Å². The van der Waals surface area contributed by atoms with Crippen LogP contribution in [0.25, 0.3) is 10.4 Å². The quantitative estimate of drug-likeness (QED) is 0.340. The van der Waals surface area contributed by atoms with Crippen LogP contribution in [0, 0.1) is 0 Å². The van der Waals surface area contributed by atoms with Crippen molar-refractivity contribution in [3.05, 3.63) is 10.4 Å². The van der Waals surface area contributed by atoms with Gasteiger partial charge in [0.25, 0.3) is 0 Å². The molecular weight excluding hydrogens is 239 g/mol. The van der Waals surface area contributed by atoms with Gasteiger partial charge in [-0.05, 0) is 5.53 Å². The second-order valence-electron chi connectivity index (χ2n) is 1.60. The smallest absolute Gasteiger partial charge is 0.344 e. The summed E-state index contributed by atoms with van der Waals surface area (Å²) < 4.78 is 8.27. The molecule has 1 aromatic rings. The van der Waals surface area contributed by atoms with Crippen LogP contribution >= 0.6 is 23.7 Å². The molecule has 74 valence electrons. The Hall–Kier alpha value is -1.70. The number of halogens is 2. The Morgan fingerprint density at radius 2 is 1.57 bits per heavy atom. The molecule has 0 aliphatic heterocycles. The minimum absolute atomic E-state index is 0.319. The van der Waals surface area contributed by atoms with Gasteiger partial charge in [0.15, 0.2) is 0 Å². The normalized spacial score (nSPS) is 8.71. The van der Waals surface area contributed by atoms with Gasteiger partial charge in [0.2, 0.25) is 0 Å². The number of hydrogen-bond acceptors (Lipinski definition) is 7. The third kappa shape index (κ3) is 2.66. The van der Waals surface area contributed by atoms with Crippen molar-refractivity contribution in [1.82, 2.24) is 15.0 Å². The molecule has 0 fully saturated rings. The summed E-state index contributed by atoms with van der Waals surface area (Å²) in [5.74, 6) is 0. The molecule has 0 aliphatic carbocycles. The van der Waals surface area contributed by atoms with Gasteiger partial charge in [-0.15, -0.1) is 15.0 Å². The topological polar surface area (TPSA) is 115 Å². The number of hydrogen-bond donors (Lipinski definition) is 0. The second-order valence-corrected chi connectivity index (χ2v) is 1.91. The van der Waals surface area contributed by atoms with E-state index in [0.29, 0.717) is 0 Å². The molecule has 0 atom stereocenters. The van der Waals surface area contributed by atoms with Crippen molar-refractivity contribution in [2.75, 3.05) is 0 Å². The molecule has 0 amide bonds. The fourth-order valence-electron chi connectivity index (χ4n) is 0.485. The van der Waals surface area contributed by atoms with Crippen molar-refractivity contribution in [2.45, 2.75) is 0 Å². The lowest BCUT2D eigenvalue weighted by atomic mass is 10.9. The summed E-state index contributed by atoms with van der Waals surface area (Å²) in [7, 11) is 0. The molecule has 14 heavy (non-hydrogen) atoms. The van der Waals surface area contributed by atoms with E-state index >= 15 is 0 Å². The molecule has 0 radical (unpaired) electrons. The molecule has 0 aromatic carbocycles. The van der Waals surface area contributed by atoms with E-state index in [1.807, 2.05) is 0 Å². The van der Waals surface area contributed by atoms with Gasteiger partial charge in [-0.2, -0.15) is 0 Å². The Morgan fingerprint density at radius 3 is 2.00 bits per heavy atom. The summed E-state index contributed by atoms with van der Waals surface area (Å²) in [6, 6.07) is -1.01. The number of aromatic nitrogens is 3. The summed E-state index contributed by atoms with van der Waals surface area (Å²) in [5.41, 5.74) is 7.93. The SMILES string of the molecule is [N-]=[N+]=NOc1nc(OCl)nc(OCl)n1. The molecule has 0 unspecified atom stereocenters. The molecule has 0 saturated carbocycles. The van der Waals surface area contributed by atoms with Crippen LogP contribution in [0.4, 0.5) is 0 Å². The van der Waals surface area contributed by atoms with Crippen molar-refractivity contribution in [1.29, 1.82) is 0 Å². The summed E-state index contributed by atoms with van der Waals surface area (Å²) >= 11 is 9.90. The standard InChI is InChI=1S/C3Cl2N6O3/c4-12-1-7-2(13-5)9-3(8-1)14-11-10-6. The van der Waals surface area contributed by atoms with E-state index in [1.165, 1.54) is 0 Å². The maximum absolute atomic E-state index is 7.93. The lowest BCUT2D eigenvalue weighted by Crippen LogP contribution is -1.97. The largest absolute Gasteiger partial charge is 0.356 e. The third-order valence-electron chi connectivity index (χ3n) is 0.871. The number of nitrogens with zero attached hydrogens (tertiary/aromatic N) is 6. The highest BCUT2D eigenvalue weighted by Gasteiger charge is 2.08. The van der Waals surface area contributed by atoms with Gasteiger partial charge in [-0.1, -0.05) is 0 Å². The molecule has 11 heteroatoms. The van der Waals surface area contributed by atoms with Crippen molar-refractivity contribution in [3.63, 3.8) is 0 Å². The molecule has 1 heterocycles. The average Bonchev–Trinajstić information content (AvgIpc) is 2.25. The van der Waals surface area contributed by atoms with Crippen LogP contribution in [0.1, 0.15) is 0 Å². The second kappa shape index (κ2) is 5.12. The van der Waals surface area contributed by atoms with Crippen LogP contribution < -0.4 is 13.4 Å². The fourth-order valence-corrected chi connectivity index (χ4v) is 0.623. The molecule has 9 nitrogen and oxygen atoms in total. The van der Waals surface area contributed by atoms with Gasteiger partial charge in [0.05, 0.1) is 0 Å². The first kappa shape index (κ1) is 10.4. The maximum Gasteiger partial charge on any atom is 0.344 e. The first-order chi connectivity index (χ1) is 6.80. The zero-order valence-corrected chi connectivity index (χ0v) is 7.68. The Balaban J connectivity index is 2.97. The molecule has 0 N–H and O–H groups in total. The summed E-state index contributed by atoms with van der Waals surface area (Å²) in [6.07, 6.45) is 0. The summed E-state index contributed by atoms with van der Waals surface area (Å²) in [6.45, 7) is 0. The highest BCUT2D eigenvalue weighted by Crippen LogP contribution is 2.16. The van der Waals surface area contributed by atoms with Crippen LogP contribution in [0.5, 0.6) is 18.0 Å². The van der Waals surface area contributed by atoms with Crippen LogP contribution in [0.3, 0.4) is 0 Å². The molecule has 0 saturated heterocycles. The van der Waals surface area contributed by atoms with Gasteiger partial charge in [0, 0.05) is 4.91 Å². The molecular formula is C3Cl2N6O3. The van der Waals surface area contributed by atoms with E-state index < -0.39 is 0 Å². The minimum atomic E-state index is -0.371. The van der Waals surface area contributed by atoms with Crippen molar-refractivity contribution in [2.24, 2.45) is 5.28 Å². The lowest BCUT2D eigenvalue weighted by molar-refractivity contribution is 0.294.